The van der Waals surface area contributed by atoms with Crippen LogP contribution >= 0.6 is 0 Å². The third-order valence-electron chi connectivity index (χ3n) is 2.15. The number of nitrogens with zero attached hydrogens (tertiary/aromatic N) is 2. The summed E-state index contributed by atoms with van der Waals surface area (Å²) in [7, 11) is 0. The van der Waals surface area contributed by atoms with Crippen LogP contribution in [0, 0.1) is 17.0 Å². The van der Waals surface area contributed by atoms with Gasteiger partial charge in [-0.25, -0.2) is 4.98 Å². The Morgan fingerprint density at radius 3 is 2.88 bits per heavy atom. The van der Waals surface area contributed by atoms with Gasteiger partial charge in [0.05, 0.1) is 17.4 Å². The Balaban J connectivity index is 2.82. The van der Waals surface area contributed by atoms with E-state index in [1.165, 1.54) is 12.3 Å². The highest BCUT2D eigenvalue weighted by Gasteiger charge is 2.14. The molecule has 1 rings (SSSR count). The number of pyridine rings is 1. The molecule has 0 aliphatic rings. The highest BCUT2D eigenvalue weighted by Crippen LogP contribution is 2.20. The number of rotatable bonds is 5. The van der Waals surface area contributed by atoms with Crippen LogP contribution in [-0.2, 0) is 4.79 Å². The van der Waals surface area contributed by atoms with Gasteiger partial charge < -0.3 is 10.4 Å². The molecule has 0 fully saturated rings. The first-order chi connectivity index (χ1) is 7.90. The van der Waals surface area contributed by atoms with Crippen molar-refractivity contribution in [2.75, 3.05) is 5.32 Å². The molecule has 0 spiro atoms. The van der Waals surface area contributed by atoms with E-state index in [4.69, 9.17) is 5.11 Å². The molecule has 1 atom stereocenters. The third kappa shape index (κ3) is 3.71. The Kier molecular flexibility index (Phi) is 3.97. The summed E-state index contributed by atoms with van der Waals surface area (Å²) in [6.07, 6.45) is 1.30. The van der Waals surface area contributed by atoms with Gasteiger partial charge in [0.2, 0.25) is 0 Å². The monoisotopic (exact) mass is 239 g/mol. The first-order valence-corrected chi connectivity index (χ1v) is 4.99. The molecule has 0 aromatic carbocycles. The number of carboxylic acid groups (broad SMARTS) is 1. The Bertz CT molecular complexity index is 447. The molecule has 0 saturated heterocycles. The number of carbonyl (C=O) groups is 1. The molecule has 0 aliphatic heterocycles. The van der Waals surface area contributed by atoms with E-state index in [0.717, 1.165) is 0 Å². The fraction of sp³-hybridized carbons (Fsp3) is 0.400. The lowest BCUT2D eigenvalue weighted by atomic mass is 10.2. The number of aryl methyl sites for hydroxylation is 1. The fourth-order valence-electron chi connectivity index (χ4n) is 1.35. The molecular formula is C10H13N3O4. The van der Waals surface area contributed by atoms with Crippen LogP contribution in [0.25, 0.3) is 0 Å². The number of nitro groups is 1. The summed E-state index contributed by atoms with van der Waals surface area (Å²) in [6.45, 7) is 3.26. The fourth-order valence-corrected chi connectivity index (χ4v) is 1.35. The van der Waals surface area contributed by atoms with Gasteiger partial charge in [-0.3, -0.25) is 14.9 Å². The number of hydrogen-bond acceptors (Lipinski definition) is 5. The van der Waals surface area contributed by atoms with Crippen LogP contribution in [-0.4, -0.2) is 27.0 Å². The lowest BCUT2D eigenvalue weighted by Gasteiger charge is -2.12. The smallest absolute Gasteiger partial charge is 0.305 e. The molecule has 1 heterocycles. The second-order valence-electron chi connectivity index (χ2n) is 3.76. The van der Waals surface area contributed by atoms with Gasteiger partial charge in [-0.15, -0.1) is 0 Å². The molecule has 1 aromatic heterocycles. The number of carboxylic acids is 1. The van der Waals surface area contributed by atoms with Crippen LogP contribution in [0.4, 0.5) is 11.5 Å². The van der Waals surface area contributed by atoms with E-state index in [0.29, 0.717) is 11.4 Å². The first-order valence-electron chi connectivity index (χ1n) is 4.99. The van der Waals surface area contributed by atoms with E-state index in [9.17, 15) is 14.9 Å². The predicted molar refractivity (Wildman–Crippen MR) is 61.0 cm³/mol. The summed E-state index contributed by atoms with van der Waals surface area (Å²) in [6, 6.07) is 0.954. The molecule has 0 aliphatic carbocycles. The van der Waals surface area contributed by atoms with Crippen molar-refractivity contribution in [3.05, 3.63) is 27.9 Å². The van der Waals surface area contributed by atoms with Gasteiger partial charge in [0.15, 0.2) is 0 Å². The van der Waals surface area contributed by atoms with E-state index >= 15 is 0 Å². The zero-order valence-electron chi connectivity index (χ0n) is 9.51. The first kappa shape index (κ1) is 12.9. The van der Waals surface area contributed by atoms with Crippen LogP contribution in [0.15, 0.2) is 12.3 Å². The van der Waals surface area contributed by atoms with E-state index in [1.54, 1.807) is 13.8 Å². The number of nitrogens with one attached hydrogen (secondary N) is 1. The molecule has 0 saturated carbocycles. The van der Waals surface area contributed by atoms with Crippen molar-refractivity contribution < 1.29 is 14.8 Å². The topological polar surface area (TPSA) is 105 Å². The molecule has 0 radical (unpaired) electrons. The zero-order chi connectivity index (χ0) is 13.0. The van der Waals surface area contributed by atoms with Crippen LogP contribution < -0.4 is 5.32 Å². The summed E-state index contributed by atoms with van der Waals surface area (Å²) in [5.74, 6) is -0.636. The van der Waals surface area contributed by atoms with E-state index < -0.39 is 10.9 Å². The number of aromatic nitrogens is 1. The Morgan fingerprint density at radius 1 is 1.71 bits per heavy atom. The van der Waals surface area contributed by atoms with E-state index in [-0.39, 0.29) is 18.2 Å². The van der Waals surface area contributed by atoms with Crippen LogP contribution in [0.5, 0.6) is 0 Å². The summed E-state index contributed by atoms with van der Waals surface area (Å²) < 4.78 is 0. The second kappa shape index (κ2) is 5.24. The van der Waals surface area contributed by atoms with Crippen molar-refractivity contribution in [3.63, 3.8) is 0 Å². The molecule has 7 nitrogen and oxygen atoms in total. The van der Waals surface area contributed by atoms with Crippen molar-refractivity contribution >= 4 is 17.5 Å². The standard InChI is InChI=1S/C10H13N3O4/c1-6-5-11-9(4-8(6)13(16)17)12-7(2)3-10(14)15/h4-5,7H,3H2,1-2H3,(H,11,12)(H,14,15). The van der Waals surface area contributed by atoms with Crippen LogP contribution in [0.1, 0.15) is 18.9 Å². The Hall–Kier alpha value is -2.18. The molecule has 0 bridgehead atoms. The molecule has 92 valence electrons. The van der Waals surface area contributed by atoms with Crippen molar-refractivity contribution in [1.82, 2.24) is 4.98 Å². The quantitative estimate of drug-likeness (QED) is 0.596. The van der Waals surface area contributed by atoms with Gasteiger partial charge in [0, 0.05) is 17.8 Å². The number of aliphatic carboxylic acids is 1. The summed E-state index contributed by atoms with van der Waals surface area (Å²) in [5.41, 5.74) is 0.427. The van der Waals surface area contributed by atoms with Gasteiger partial charge in [0.1, 0.15) is 5.82 Å². The molecular weight excluding hydrogens is 226 g/mol. The number of anilines is 1. The SMILES string of the molecule is Cc1cnc(NC(C)CC(=O)O)cc1[N+](=O)[O-]. The number of hydrogen-bond donors (Lipinski definition) is 2. The average molecular weight is 239 g/mol. The minimum Gasteiger partial charge on any atom is -0.481 e. The Labute approximate surface area is 97.6 Å². The molecule has 1 aromatic rings. The normalized spacial score (nSPS) is 11.9. The Morgan fingerprint density at radius 2 is 2.35 bits per heavy atom. The van der Waals surface area contributed by atoms with Gasteiger partial charge in [-0.1, -0.05) is 0 Å². The van der Waals surface area contributed by atoms with Crippen molar-refractivity contribution in [2.24, 2.45) is 0 Å². The molecule has 0 amide bonds. The largest absolute Gasteiger partial charge is 0.481 e. The minimum absolute atomic E-state index is 0.0370. The average Bonchev–Trinajstić information content (AvgIpc) is 2.19. The van der Waals surface area contributed by atoms with Gasteiger partial charge in [-0.2, -0.15) is 0 Å². The molecule has 1 unspecified atom stereocenters. The maximum absolute atomic E-state index is 10.7. The zero-order valence-corrected chi connectivity index (χ0v) is 9.51. The maximum Gasteiger partial charge on any atom is 0.305 e. The van der Waals surface area contributed by atoms with E-state index in [2.05, 4.69) is 10.3 Å². The summed E-state index contributed by atoms with van der Waals surface area (Å²) in [4.78, 5) is 24.6. The maximum atomic E-state index is 10.7. The van der Waals surface area contributed by atoms with E-state index in [1.807, 2.05) is 0 Å². The highest BCUT2D eigenvalue weighted by atomic mass is 16.6. The third-order valence-corrected chi connectivity index (χ3v) is 2.15. The van der Waals surface area contributed by atoms with Gasteiger partial charge in [-0.05, 0) is 13.8 Å². The highest BCUT2D eigenvalue weighted by molar-refractivity contribution is 5.68. The summed E-state index contributed by atoms with van der Waals surface area (Å²) >= 11 is 0. The van der Waals surface area contributed by atoms with Gasteiger partial charge in [0.25, 0.3) is 5.69 Å². The molecule has 7 heteroatoms. The predicted octanol–water partition coefficient (Wildman–Crippen LogP) is 1.57. The lowest BCUT2D eigenvalue weighted by molar-refractivity contribution is -0.385. The minimum atomic E-state index is -0.938. The van der Waals surface area contributed by atoms with Gasteiger partial charge >= 0.3 is 5.97 Å². The molecule has 17 heavy (non-hydrogen) atoms. The van der Waals surface area contributed by atoms with Crippen molar-refractivity contribution in [3.8, 4) is 0 Å². The molecule has 2 N–H and O–H groups in total. The van der Waals surface area contributed by atoms with Crippen molar-refractivity contribution in [1.29, 1.82) is 0 Å². The second-order valence-corrected chi connectivity index (χ2v) is 3.76. The summed E-state index contributed by atoms with van der Waals surface area (Å²) in [5, 5.41) is 22.1. The van der Waals surface area contributed by atoms with Crippen LogP contribution in [0.2, 0.25) is 0 Å². The van der Waals surface area contributed by atoms with Crippen molar-refractivity contribution in [2.45, 2.75) is 26.3 Å². The lowest BCUT2D eigenvalue weighted by Crippen LogP contribution is -2.20. The van der Waals surface area contributed by atoms with Crippen LogP contribution in [0.3, 0.4) is 0 Å².